The molecule has 0 aromatic carbocycles. The highest BCUT2D eigenvalue weighted by Crippen LogP contribution is 2.23. The molecule has 0 spiro atoms. The molecule has 0 bridgehead atoms. The lowest BCUT2D eigenvalue weighted by Gasteiger charge is -2.19. The first-order chi connectivity index (χ1) is 9.47. The zero-order valence-electron chi connectivity index (χ0n) is 11.0. The van der Waals surface area contributed by atoms with Gasteiger partial charge in [-0.25, -0.2) is 4.98 Å². The number of rotatable bonds is 4. The second kappa shape index (κ2) is 6.19. The lowest BCUT2D eigenvalue weighted by molar-refractivity contribution is -0.129. The Kier molecular flexibility index (Phi) is 4.56. The largest absolute Gasteiger partial charge is 0.308 e. The average Bonchev–Trinajstić information content (AvgIpc) is 2.73. The quantitative estimate of drug-likeness (QED) is 0.855. The van der Waals surface area contributed by atoms with E-state index in [1.54, 1.807) is 18.5 Å². The molecule has 6 nitrogen and oxygen atoms in total. The van der Waals surface area contributed by atoms with Crippen LogP contribution in [0.2, 0.25) is 0 Å². The monoisotopic (exact) mass is 311 g/mol. The van der Waals surface area contributed by atoms with E-state index in [9.17, 15) is 14.4 Å². The molecule has 2 amide bonds. The Morgan fingerprint density at radius 3 is 2.85 bits per heavy atom. The van der Waals surface area contributed by atoms with Crippen molar-refractivity contribution in [3.05, 3.63) is 22.2 Å². The van der Waals surface area contributed by atoms with E-state index in [2.05, 4.69) is 10.3 Å². The number of nitrogens with one attached hydrogen (secondary N) is 1. The molecule has 0 fully saturated rings. The van der Waals surface area contributed by atoms with Crippen LogP contribution in [0.1, 0.15) is 22.3 Å². The van der Waals surface area contributed by atoms with Crippen LogP contribution in [-0.2, 0) is 9.59 Å². The molecule has 1 aromatic rings. The number of thiazole rings is 1. The number of ketones is 1. The number of carbonyl (C=O) groups excluding carboxylic acids is 3. The van der Waals surface area contributed by atoms with Gasteiger partial charge < -0.3 is 10.2 Å². The zero-order valence-corrected chi connectivity index (χ0v) is 12.6. The van der Waals surface area contributed by atoms with Crippen LogP contribution in [0.3, 0.4) is 0 Å². The van der Waals surface area contributed by atoms with Crippen LogP contribution in [0.15, 0.2) is 11.6 Å². The van der Waals surface area contributed by atoms with E-state index in [0.717, 1.165) is 11.3 Å². The predicted molar refractivity (Wildman–Crippen MR) is 78.8 cm³/mol. The summed E-state index contributed by atoms with van der Waals surface area (Å²) in [6, 6.07) is 0. The molecule has 1 aromatic heterocycles. The molecule has 1 N–H and O–H groups in total. The third-order valence-electron chi connectivity index (χ3n) is 2.54. The van der Waals surface area contributed by atoms with Gasteiger partial charge in [-0.3, -0.25) is 14.4 Å². The van der Waals surface area contributed by atoms with Crippen molar-refractivity contribution in [2.24, 2.45) is 0 Å². The highest BCUT2D eigenvalue weighted by Gasteiger charge is 2.19. The molecule has 2 heterocycles. The maximum absolute atomic E-state index is 11.9. The first kappa shape index (κ1) is 14.7. The Balaban J connectivity index is 1.99. The standard InChI is InChI=1S/C12H13N3O3S2/c1-7-11(8(2)16)20-12(13-7)14-9(17)5-15-3-4-19-6-10(15)18/h3-4H,5-6H2,1-2H3,(H,13,14,17). The van der Waals surface area contributed by atoms with Crippen molar-refractivity contribution < 1.29 is 14.4 Å². The summed E-state index contributed by atoms with van der Waals surface area (Å²) in [5.41, 5.74) is 0.600. The zero-order chi connectivity index (χ0) is 14.7. The van der Waals surface area contributed by atoms with Gasteiger partial charge in [-0.05, 0) is 12.3 Å². The molecule has 1 aliphatic rings. The summed E-state index contributed by atoms with van der Waals surface area (Å²) >= 11 is 2.54. The fourth-order valence-corrected chi connectivity index (χ4v) is 3.15. The molecule has 106 valence electrons. The number of aryl methyl sites for hydroxylation is 1. The van der Waals surface area contributed by atoms with Crippen LogP contribution in [-0.4, -0.2) is 39.8 Å². The van der Waals surface area contributed by atoms with Crippen molar-refractivity contribution in [1.82, 2.24) is 9.88 Å². The molecule has 0 saturated carbocycles. The summed E-state index contributed by atoms with van der Waals surface area (Å²) in [4.78, 5) is 40.7. The number of amides is 2. The summed E-state index contributed by atoms with van der Waals surface area (Å²) < 4.78 is 0. The van der Waals surface area contributed by atoms with E-state index in [1.165, 1.54) is 23.6 Å². The van der Waals surface area contributed by atoms with Crippen LogP contribution in [0.25, 0.3) is 0 Å². The number of Topliss-reactive ketones (excluding diaryl/α,β-unsaturated/α-hetero) is 1. The molecular formula is C12H13N3O3S2. The molecule has 0 saturated heterocycles. The first-order valence-corrected chi connectivity index (χ1v) is 7.70. The highest BCUT2D eigenvalue weighted by atomic mass is 32.2. The molecule has 0 aliphatic carbocycles. The van der Waals surface area contributed by atoms with Gasteiger partial charge >= 0.3 is 0 Å². The van der Waals surface area contributed by atoms with Crippen molar-refractivity contribution in [2.75, 3.05) is 17.6 Å². The number of nitrogens with zero attached hydrogens (tertiary/aromatic N) is 2. The van der Waals surface area contributed by atoms with E-state index in [1.807, 2.05) is 0 Å². The number of aromatic nitrogens is 1. The fraction of sp³-hybridized carbons (Fsp3) is 0.333. The second-order valence-electron chi connectivity index (χ2n) is 4.16. The predicted octanol–water partition coefficient (Wildman–Crippen LogP) is 1.64. The van der Waals surface area contributed by atoms with E-state index in [-0.39, 0.29) is 24.1 Å². The van der Waals surface area contributed by atoms with Gasteiger partial charge in [-0.2, -0.15) is 0 Å². The maximum Gasteiger partial charge on any atom is 0.246 e. The van der Waals surface area contributed by atoms with Gasteiger partial charge in [0.05, 0.1) is 16.3 Å². The second-order valence-corrected chi connectivity index (χ2v) is 6.05. The smallest absolute Gasteiger partial charge is 0.246 e. The van der Waals surface area contributed by atoms with Gasteiger partial charge in [-0.1, -0.05) is 11.3 Å². The van der Waals surface area contributed by atoms with Gasteiger partial charge in [0.2, 0.25) is 11.8 Å². The lowest BCUT2D eigenvalue weighted by atomic mass is 10.3. The molecule has 0 atom stereocenters. The number of hydrogen-bond acceptors (Lipinski definition) is 6. The summed E-state index contributed by atoms with van der Waals surface area (Å²) in [5, 5.41) is 4.76. The molecule has 0 radical (unpaired) electrons. The summed E-state index contributed by atoms with van der Waals surface area (Å²) in [5.74, 6) is -0.174. The fourth-order valence-electron chi connectivity index (χ4n) is 1.63. The SMILES string of the molecule is CC(=O)c1sc(NC(=O)CN2C=CSCC2=O)nc1C. The van der Waals surface area contributed by atoms with E-state index in [0.29, 0.717) is 21.5 Å². The van der Waals surface area contributed by atoms with Gasteiger partial charge in [0.1, 0.15) is 6.54 Å². The molecule has 8 heteroatoms. The first-order valence-electron chi connectivity index (χ1n) is 5.83. The Morgan fingerprint density at radius 1 is 1.50 bits per heavy atom. The van der Waals surface area contributed by atoms with Crippen molar-refractivity contribution >= 4 is 45.8 Å². The summed E-state index contributed by atoms with van der Waals surface area (Å²) in [7, 11) is 0. The summed E-state index contributed by atoms with van der Waals surface area (Å²) in [6.07, 6.45) is 1.59. The Morgan fingerprint density at radius 2 is 2.25 bits per heavy atom. The van der Waals surface area contributed by atoms with Crippen LogP contribution in [0.5, 0.6) is 0 Å². The molecule has 20 heavy (non-hydrogen) atoms. The third-order valence-corrected chi connectivity index (χ3v) is 4.44. The van der Waals surface area contributed by atoms with E-state index in [4.69, 9.17) is 0 Å². The Hall–Kier alpha value is -1.67. The van der Waals surface area contributed by atoms with Gasteiger partial charge in [0.25, 0.3) is 0 Å². The topological polar surface area (TPSA) is 79.4 Å². The minimum absolute atomic E-state index is 0.0517. The molecule has 0 unspecified atom stereocenters. The number of thioether (sulfide) groups is 1. The minimum Gasteiger partial charge on any atom is -0.308 e. The van der Waals surface area contributed by atoms with Crippen LogP contribution in [0.4, 0.5) is 5.13 Å². The normalized spacial score (nSPS) is 14.5. The van der Waals surface area contributed by atoms with Crippen molar-refractivity contribution in [1.29, 1.82) is 0 Å². The maximum atomic E-state index is 11.9. The van der Waals surface area contributed by atoms with Crippen molar-refractivity contribution in [2.45, 2.75) is 13.8 Å². The van der Waals surface area contributed by atoms with E-state index >= 15 is 0 Å². The van der Waals surface area contributed by atoms with Crippen molar-refractivity contribution in [3.8, 4) is 0 Å². The van der Waals surface area contributed by atoms with Crippen LogP contribution in [0, 0.1) is 6.92 Å². The minimum atomic E-state index is -0.334. The highest BCUT2D eigenvalue weighted by molar-refractivity contribution is 8.02. The molecule has 2 rings (SSSR count). The van der Waals surface area contributed by atoms with Gasteiger partial charge in [0.15, 0.2) is 10.9 Å². The average molecular weight is 311 g/mol. The Bertz CT molecular complexity index is 595. The molecule has 1 aliphatic heterocycles. The van der Waals surface area contributed by atoms with Gasteiger partial charge in [-0.15, -0.1) is 11.8 Å². The van der Waals surface area contributed by atoms with Gasteiger partial charge in [0, 0.05) is 13.1 Å². The summed E-state index contributed by atoms with van der Waals surface area (Å²) in [6.45, 7) is 3.13. The number of anilines is 1. The van der Waals surface area contributed by atoms with Crippen molar-refractivity contribution in [3.63, 3.8) is 0 Å². The lowest BCUT2D eigenvalue weighted by Crippen LogP contribution is -2.36. The third kappa shape index (κ3) is 3.45. The Labute approximate surface area is 124 Å². The van der Waals surface area contributed by atoms with E-state index < -0.39 is 0 Å². The number of carbonyl (C=O) groups is 3. The number of hydrogen-bond donors (Lipinski definition) is 1. The van der Waals surface area contributed by atoms with Crippen LogP contribution < -0.4 is 5.32 Å². The molecular weight excluding hydrogens is 298 g/mol. The van der Waals surface area contributed by atoms with Crippen LogP contribution >= 0.6 is 23.1 Å².